The Morgan fingerprint density at radius 3 is 2.37 bits per heavy atom. The number of ether oxygens (including phenoxy) is 1. The summed E-state index contributed by atoms with van der Waals surface area (Å²) in [5.74, 6) is -0.179. The van der Waals surface area contributed by atoms with Crippen molar-refractivity contribution in [2.24, 2.45) is 5.92 Å². The van der Waals surface area contributed by atoms with Crippen LogP contribution in [0.4, 0.5) is 9.80 Å². The van der Waals surface area contributed by atoms with Crippen molar-refractivity contribution in [2.75, 3.05) is 45.7 Å². The molecule has 1 saturated heterocycles. The second kappa shape index (κ2) is 11.4. The average Bonchev–Trinajstić information content (AvgIpc) is 3.25. The maximum atomic E-state index is 13.2. The first-order valence-corrected chi connectivity index (χ1v) is 15.0. The molecule has 0 spiro atoms. The molecule has 2 aliphatic heterocycles. The molecule has 2 aliphatic rings. The Morgan fingerprint density at radius 2 is 1.76 bits per heavy atom. The van der Waals surface area contributed by atoms with E-state index in [9.17, 15) is 22.8 Å². The molecule has 0 bridgehead atoms. The fourth-order valence-corrected chi connectivity index (χ4v) is 7.36. The van der Waals surface area contributed by atoms with Crippen molar-refractivity contribution in [1.29, 1.82) is 0 Å². The minimum absolute atomic E-state index is 0.151. The van der Waals surface area contributed by atoms with Gasteiger partial charge in [0.1, 0.15) is 5.00 Å². The molecule has 206 valence electrons. The largest absolute Gasteiger partial charge is 0.450 e. The number of benzene rings is 1. The fourth-order valence-electron chi connectivity index (χ4n) is 4.64. The molecule has 0 radical (unpaired) electrons. The molecule has 1 fully saturated rings. The molecule has 1 N–H and O–H groups in total. The van der Waals surface area contributed by atoms with E-state index in [1.54, 1.807) is 25.9 Å². The fraction of sp³-hybridized carbons (Fsp3) is 0.500. The number of anilines is 1. The molecule has 0 unspecified atom stereocenters. The number of piperidine rings is 1. The quantitative estimate of drug-likeness (QED) is 0.575. The van der Waals surface area contributed by atoms with Crippen LogP contribution in [0.25, 0.3) is 0 Å². The Labute approximate surface area is 227 Å². The zero-order valence-electron chi connectivity index (χ0n) is 22.2. The minimum atomic E-state index is -3.62. The van der Waals surface area contributed by atoms with Gasteiger partial charge in [0, 0.05) is 44.2 Å². The number of hydrogen-bond acceptors (Lipinski definition) is 7. The summed E-state index contributed by atoms with van der Waals surface area (Å²) in [5.41, 5.74) is 1.52. The van der Waals surface area contributed by atoms with Gasteiger partial charge in [-0.25, -0.2) is 13.2 Å². The number of thiophene rings is 1. The predicted molar refractivity (Wildman–Crippen MR) is 145 cm³/mol. The molecule has 3 amide bonds. The highest BCUT2D eigenvalue weighted by Crippen LogP contribution is 2.38. The monoisotopic (exact) mass is 562 g/mol. The summed E-state index contributed by atoms with van der Waals surface area (Å²) in [6.45, 7) is 5.83. The van der Waals surface area contributed by atoms with Gasteiger partial charge in [-0.3, -0.25) is 9.59 Å². The number of sulfonamides is 1. The van der Waals surface area contributed by atoms with E-state index in [0.717, 1.165) is 23.3 Å². The zero-order valence-corrected chi connectivity index (χ0v) is 23.8. The van der Waals surface area contributed by atoms with Crippen LogP contribution >= 0.6 is 11.3 Å². The molecule has 38 heavy (non-hydrogen) atoms. The number of nitrogens with zero attached hydrogens (tertiary/aromatic N) is 3. The second-order valence-corrected chi connectivity index (χ2v) is 12.9. The van der Waals surface area contributed by atoms with Gasteiger partial charge < -0.3 is 19.9 Å². The summed E-state index contributed by atoms with van der Waals surface area (Å²) >= 11 is 1.26. The normalized spacial score (nSPS) is 16.6. The number of nitrogens with one attached hydrogen (secondary N) is 1. The molecular weight excluding hydrogens is 528 g/mol. The van der Waals surface area contributed by atoms with Gasteiger partial charge in [0.15, 0.2) is 0 Å². The van der Waals surface area contributed by atoms with Crippen LogP contribution in [0.3, 0.4) is 0 Å². The summed E-state index contributed by atoms with van der Waals surface area (Å²) in [5, 5.41) is 3.26. The first kappa shape index (κ1) is 28.1. The highest BCUT2D eigenvalue weighted by Gasteiger charge is 2.32. The van der Waals surface area contributed by atoms with Crippen molar-refractivity contribution in [3.63, 3.8) is 0 Å². The Hall–Kier alpha value is -2.96. The van der Waals surface area contributed by atoms with Crippen molar-refractivity contribution in [3.8, 4) is 0 Å². The van der Waals surface area contributed by atoms with E-state index in [4.69, 9.17) is 4.74 Å². The zero-order chi connectivity index (χ0) is 27.6. The first-order chi connectivity index (χ1) is 18.0. The van der Waals surface area contributed by atoms with Gasteiger partial charge in [0.05, 0.1) is 23.6 Å². The molecule has 2 aromatic rings. The lowest BCUT2D eigenvalue weighted by atomic mass is 10.0. The van der Waals surface area contributed by atoms with Crippen LogP contribution in [0.1, 0.15) is 57.8 Å². The number of carbonyl (C=O) groups excluding carboxylic acids is 3. The van der Waals surface area contributed by atoms with Crippen LogP contribution < -0.4 is 5.32 Å². The summed E-state index contributed by atoms with van der Waals surface area (Å²) < 4.78 is 32.7. The van der Waals surface area contributed by atoms with Crippen LogP contribution in [0.2, 0.25) is 0 Å². The van der Waals surface area contributed by atoms with E-state index in [1.165, 1.54) is 44.8 Å². The molecule has 0 aliphatic carbocycles. The van der Waals surface area contributed by atoms with Gasteiger partial charge in [-0.2, -0.15) is 4.31 Å². The van der Waals surface area contributed by atoms with Crippen LogP contribution in [-0.4, -0.2) is 80.8 Å². The Balaban J connectivity index is 1.55. The Kier molecular flexibility index (Phi) is 8.43. The second-order valence-electron chi connectivity index (χ2n) is 9.84. The van der Waals surface area contributed by atoms with Gasteiger partial charge in [0.2, 0.25) is 10.0 Å². The van der Waals surface area contributed by atoms with Gasteiger partial charge in [-0.05, 0) is 61.9 Å². The van der Waals surface area contributed by atoms with E-state index in [-0.39, 0.29) is 23.0 Å². The molecule has 3 heterocycles. The third-order valence-corrected chi connectivity index (χ3v) is 9.97. The molecule has 0 saturated carbocycles. The van der Waals surface area contributed by atoms with Crippen LogP contribution in [0, 0.1) is 5.92 Å². The molecule has 1 aromatic heterocycles. The van der Waals surface area contributed by atoms with Crippen molar-refractivity contribution in [1.82, 2.24) is 14.1 Å². The summed E-state index contributed by atoms with van der Waals surface area (Å²) in [7, 11) is -0.328. The van der Waals surface area contributed by atoms with Crippen molar-refractivity contribution in [3.05, 3.63) is 45.8 Å². The van der Waals surface area contributed by atoms with Crippen molar-refractivity contribution >= 4 is 44.3 Å². The lowest BCUT2D eigenvalue weighted by Crippen LogP contribution is -2.37. The standard InChI is InChI=1S/C26H34N4O6S2/c1-5-36-26(33)29-13-12-20-21(16-29)37-24(22(20)25(32)28(3)4)27-23(31)18-6-8-19(9-7-18)38(34,35)30-14-10-17(2)11-15-30/h6-9,17H,5,10-16H2,1-4H3,(H,27,31). The van der Waals surface area contributed by atoms with E-state index in [1.807, 2.05) is 0 Å². The predicted octanol–water partition coefficient (Wildman–Crippen LogP) is 3.64. The van der Waals surface area contributed by atoms with Gasteiger partial charge >= 0.3 is 6.09 Å². The maximum absolute atomic E-state index is 13.2. The van der Waals surface area contributed by atoms with Crippen LogP contribution in [0.5, 0.6) is 0 Å². The highest BCUT2D eigenvalue weighted by molar-refractivity contribution is 7.89. The van der Waals surface area contributed by atoms with Crippen LogP contribution in [0.15, 0.2) is 29.2 Å². The minimum Gasteiger partial charge on any atom is -0.450 e. The average molecular weight is 563 g/mol. The molecule has 12 heteroatoms. The molecule has 1 aromatic carbocycles. The van der Waals surface area contributed by atoms with Crippen molar-refractivity contribution in [2.45, 2.75) is 44.6 Å². The molecule has 10 nitrogen and oxygen atoms in total. The number of amides is 3. The van der Waals surface area contributed by atoms with E-state index in [2.05, 4.69) is 12.2 Å². The van der Waals surface area contributed by atoms with E-state index in [0.29, 0.717) is 49.1 Å². The first-order valence-electron chi connectivity index (χ1n) is 12.7. The molecule has 4 rings (SSSR count). The van der Waals surface area contributed by atoms with Crippen LogP contribution in [-0.2, 0) is 27.7 Å². The summed E-state index contributed by atoms with van der Waals surface area (Å²) in [4.78, 5) is 42.5. The third-order valence-electron chi connectivity index (χ3n) is 6.93. The third kappa shape index (κ3) is 5.71. The lowest BCUT2D eigenvalue weighted by molar-refractivity contribution is 0.0827. The lowest BCUT2D eigenvalue weighted by Gasteiger charge is -2.29. The van der Waals surface area contributed by atoms with Gasteiger partial charge in [0.25, 0.3) is 11.8 Å². The Morgan fingerprint density at radius 1 is 1.11 bits per heavy atom. The van der Waals surface area contributed by atoms with E-state index >= 15 is 0 Å². The number of hydrogen-bond donors (Lipinski definition) is 1. The van der Waals surface area contributed by atoms with Gasteiger partial charge in [-0.1, -0.05) is 6.92 Å². The summed E-state index contributed by atoms with van der Waals surface area (Å²) in [6, 6.07) is 5.87. The number of fused-ring (bicyclic) bond motifs is 1. The van der Waals surface area contributed by atoms with E-state index < -0.39 is 22.0 Å². The topological polar surface area (TPSA) is 116 Å². The highest BCUT2D eigenvalue weighted by atomic mass is 32.2. The summed E-state index contributed by atoms with van der Waals surface area (Å²) in [6.07, 6.45) is 1.72. The van der Waals surface area contributed by atoms with Gasteiger partial charge in [-0.15, -0.1) is 11.3 Å². The van der Waals surface area contributed by atoms with Crippen molar-refractivity contribution < 1.29 is 27.5 Å². The maximum Gasteiger partial charge on any atom is 0.410 e. The SMILES string of the molecule is CCOC(=O)N1CCc2c(sc(NC(=O)c3ccc(S(=O)(=O)N4CCC(C)CC4)cc3)c2C(=O)N(C)C)C1. The number of carbonyl (C=O) groups is 3. The molecule has 0 atom stereocenters. The Bertz CT molecular complexity index is 1310. The molecular formula is C26H34N4O6S2. The smallest absolute Gasteiger partial charge is 0.410 e. The number of rotatable bonds is 6.